The van der Waals surface area contributed by atoms with Crippen molar-refractivity contribution in [2.75, 3.05) is 12.0 Å². The first-order valence-electron chi connectivity index (χ1n) is 4.89. The summed E-state index contributed by atoms with van der Waals surface area (Å²) in [7, 11) is -3.12. The monoisotopic (exact) mass is 229 g/mol. The number of sulfone groups is 1. The maximum absolute atomic E-state index is 11.2. The Balaban J connectivity index is 0.000000921. The molecule has 0 bridgehead atoms. The molecule has 0 heterocycles. The fourth-order valence-corrected chi connectivity index (χ4v) is 1.93. The van der Waals surface area contributed by atoms with Crippen molar-refractivity contribution >= 4 is 15.5 Å². The standard InChI is InChI=1S/C9H13NO2S.C2H6/c1-6-4-8(13(3,11)12)5-7(2)9(6)10;1-2/h4-5H,10H2,1-3H3;1-2H3. The van der Waals surface area contributed by atoms with Gasteiger partial charge in [0, 0.05) is 11.9 Å². The first-order chi connectivity index (χ1) is 6.82. The molecule has 4 heteroatoms. The largest absolute Gasteiger partial charge is 0.398 e. The van der Waals surface area contributed by atoms with Crippen LogP contribution < -0.4 is 5.73 Å². The van der Waals surface area contributed by atoms with E-state index in [0.717, 1.165) is 11.1 Å². The zero-order valence-electron chi connectivity index (χ0n) is 9.96. The first-order valence-corrected chi connectivity index (χ1v) is 6.78. The maximum Gasteiger partial charge on any atom is 0.175 e. The van der Waals surface area contributed by atoms with Crippen molar-refractivity contribution in [3.63, 3.8) is 0 Å². The van der Waals surface area contributed by atoms with E-state index in [4.69, 9.17) is 5.73 Å². The van der Waals surface area contributed by atoms with E-state index >= 15 is 0 Å². The number of aryl methyl sites for hydroxylation is 2. The van der Waals surface area contributed by atoms with Crippen molar-refractivity contribution in [1.82, 2.24) is 0 Å². The smallest absolute Gasteiger partial charge is 0.175 e. The van der Waals surface area contributed by atoms with Gasteiger partial charge < -0.3 is 5.73 Å². The lowest BCUT2D eigenvalue weighted by atomic mass is 10.1. The number of anilines is 1. The van der Waals surface area contributed by atoms with E-state index in [1.165, 1.54) is 6.26 Å². The Hall–Kier alpha value is -1.03. The van der Waals surface area contributed by atoms with Gasteiger partial charge in [-0.25, -0.2) is 8.42 Å². The molecule has 0 aliphatic carbocycles. The summed E-state index contributed by atoms with van der Waals surface area (Å²) in [5, 5.41) is 0. The van der Waals surface area contributed by atoms with Crippen molar-refractivity contribution in [1.29, 1.82) is 0 Å². The lowest BCUT2D eigenvalue weighted by Gasteiger charge is -2.06. The predicted molar refractivity (Wildman–Crippen MR) is 64.8 cm³/mol. The van der Waals surface area contributed by atoms with Gasteiger partial charge in [-0.1, -0.05) is 13.8 Å². The van der Waals surface area contributed by atoms with Gasteiger partial charge in [0.05, 0.1) is 4.90 Å². The number of nitrogen functional groups attached to an aromatic ring is 1. The SMILES string of the molecule is CC.Cc1cc(S(C)(=O)=O)cc(C)c1N. The van der Waals surface area contributed by atoms with Crippen LogP contribution in [0.2, 0.25) is 0 Å². The van der Waals surface area contributed by atoms with Gasteiger partial charge in [0.1, 0.15) is 0 Å². The molecular formula is C11H19NO2S. The summed E-state index contributed by atoms with van der Waals surface area (Å²) in [5.74, 6) is 0. The number of nitrogens with two attached hydrogens (primary N) is 1. The minimum Gasteiger partial charge on any atom is -0.398 e. The molecule has 0 saturated heterocycles. The molecule has 0 fully saturated rings. The summed E-state index contributed by atoms with van der Waals surface area (Å²) in [6.07, 6.45) is 1.19. The van der Waals surface area contributed by atoms with E-state index in [1.54, 1.807) is 26.0 Å². The Bertz CT molecular complexity index is 413. The summed E-state index contributed by atoms with van der Waals surface area (Å²) < 4.78 is 22.4. The van der Waals surface area contributed by atoms with Crippen LogP contribution in [0, 0.1) is 13.8 Å². The quantitative estimate of drug-likeness (QED) is 0.752. The highest BCUT2D eigenvalue weighted by atomic mass is 32.2. The van der Waals surface area contributed by atoms with E-state index < -0.39 is 9.84 Å². The predicted octanol–water partition coefficient (Wildman–Crippen LogP) is 2.32. The third kappa shape index (κ3) is 3.55. The van der Waals surface area contributed by atoms with Gasteiger partial charge in [0.2, 0.25) is 0 Å². The van der Waals surface area contributed by atoms with Gasteiger partial charge >= 0.3 is 0 Å². The second kappa shape index (κ2) is 5.16. The molecule has 0 atom stereocenters. The zero-order valence-corrected chi connectivity index (χ0v) is 10.8. The number of hydrogen-bond donors (Lipinski definition) is 1. The Kier molecular flexibility index (Phi) is 4.81. The molecule has 2 N–H and O–H groups in total. The van der Waals surface area contributed by atoms with E-state index in [0.29, 0.717) is 10.6 Å². The van der Waals surface area contributed by atoms with Crippen LogP contribution in [-0.4, -0.2) is 14.7 Å². The summed E-state index contributed by atoms with van der Waals surface area (Å²) in [6.45, 7) is 7.61. The minimum atomic E-state index is -3.12. The highest BCUT2D eigenvalue weighted by Gasteiger charge is 2.09. The Morgan fingerprint density at radius 1 is 1.07 bits per heavy atom. The zero-order chi connectivity index (χ0) is 12.2. The van der Waals surface area contributed by atoms with Crippen molar-refractivity contribution in [2.45, 2.75) is 32.6 Å². The summed E-state index contributed by atoms with van der Waals surface area (Å²) in [4.78, 5) is 0.330. The second-order valence-electron chi connectivity index (χ2n) is 3.24. The maximum atomic E-state index is 11.2. The summed E-state index contributed by atoms with van der Waals surface area (Å²) >= 11 is 0. The van der Waals surface area contributed by atoms with E-state index in [-0.39, 0.29) is 0 Å². The number of benzene rings is 1. The molecule has 0 aliphatic heterocycles. The van der Waals surface area contributed by atoms with Gasteiger partial charge in [0.25, 0.3) is 0 Å². The van der Waals surface area contributed by atoms with Crippen LogP contribution >= 0.6 is 0 Å². The third-order valence-corrected chi connectivity index (χ3v) is 3.09. The molecule has 0 spiro atoms. The van der Waals surface area contributed by atoms with Crippen LogP contribution in [0.15, 0.2) is 17.0 Å². The van der Waals surface area contributed by atoms with E-state index in [2.05, 4.69) is 0 Å². The topological polar surface area (TPSA) is 60.2 Å². The molecule has 86 valence electrons. The van der Waals surface area contributed by atoms with Crippen LogP contribution in [0.5, 0.6) is 0 Å². The number of hydrogen-bond acceptors (Lipinski definition) is 3. The Labute approximate surface area is 92.2 Å². The minimum absolute atomic E-state index is 0.330. The average Bonchev–Trinajstić information content (AvgIpc) is 2.15. The second-order valence-corrected chi connectivity index (χ2v) is 5.26. The van der Waals surface area contributed by atoms with E-state index in [9.17, 15) is 8.42 Å². The van der Waals surface area contributed by atoms with Gasteiger partial charge in [0.15, 0.2) is 9.84 Å². The molecule has 0 aromatic heterocycles. The number of rotatable bonds is 1. The molecule has 0 radical (unpaired) electrons. The van der Waals surface area contributed by atoms with E-state index in [1.807, 2.05) is 13.8 Å². The van der Waals surface area contributed by atoms with Crippen molar-refractivity contribution in [3.8, 4) is 0 Å². The molecule has 1 aromatic rings. The lowest BCUT2D eigenvalue weighted by molar-refractivity contribution is 0.601. The van der Waals surface area contributed by atoms with Crippen molar-refractivity contribution in [3.05, 3.63) is 23.3 Å². The van der Waals surface area contributed by atoms with Crippen LogP contribution in [0.1, 0.15) is 25.0 Å². The van der Waals surface area contributed by atoms with Crippen LogP contribution in [0.3, 0.4) is 0 Å². The highest BCUT2D eigenvalue weighted by Crippen LogP contribution is 2.21. The van der Waals surface area contributed by atoms with Gasteiger partial charge in [-0.3, -0.25) is 0 Å². The van der Waals surface area contributed by atoms with Crippen molar-refractivity contribution in [2.24, 2.45) is 0 Å². The molecule has 0 amide bonds. The van der Waals surface area contributed by atoms with Crippen LogP contribution in [-0.2, 0) is 9.84 Å². The third-order valence-electron chi connectivity index (χ3n) is 2.00. The fourth-order valence-electron chi connectivity index (χ4n) is 1.15. The highest BCUT2D eigenvalue weighted by molar-refractivity contribution is 7.90. The molecule has 1 aromatic carbocycles. The lowest BCUT2D eigenvalue weighted by Crippen LogP contribution is -2.01. The van der Waals surface area contributed by atoms with Crippen LogP contribution in [0.25, 0.3) is 0 Å². The molecule has 0 unspecified atom stereocenters. The van der Waals surface area contributed by atoms with Gasteiger partial charge in [-0.15, -0.1) is 0 Å². The normalized spacial score (nSPS) is 10.5. The molecular weight excluding hydrogens is 210 g/mol. The molecule has 0 aliphatic rings. The van der Waals surface area contributed by atoms with Gasteiger partial charge in [-0.05, 0) is 37.1 Å². The molecule has 0 saturated carbocycles. The van der Waals surface area contributed by atoms with Gasteiger partial charge in [-0.2, -0.15) is 0 Å². The van der Waals surface area contributed by atoms with Crippen LogP contribution in [0.4, 0.5) is 5.69 Å². The molecule has 1 rings (SSSR count). The molecule has 15 heavy (non-hydrogen) atoms. The first kappa shape index (κ1) is 14.0. The summed E-state index contributed by atoms with van der Waals surface area (Å²) in [6, 6.07) is 3.19. The Morgan fingerprint density at radius 3 is 1.67 bits per heavy atom. The van der Waals surface area contributed by atoms with Crippen molar-refractivity contribution < 1.29 is 8.42 Å². The fraction of sp³-hybridized carbons (Fsp3) is 0.455. The Morgan fingerprint density at radius 2 is 1.40 bits per heavy atom. The summed E-state index contributed by atoms with van der Waals surface area (Å²) in [5.41, 5.74) is 7.97. The average molecular weight is 229 g/mol. The molecule has 3 nitrogen and oxygen atoms in total.